The molecular weight excluding hydrogens is 348 g/mol. The maximum atomic E-state index is 11.7. The third-order valence-electron chi connectivity index (χ3n) is 5.40. The van der Waals surface area contributed by atoms with Crippen LogP contribution in [0.2, 0.25) is 0 Å². The van der Waals surface area contributed by atoms with Crippen molar-refractivity contribution in [3.05, 3.63) is 78.0 Å². The van der Waals surface area contributed by atoms with Gasteiger partial charge in [-0.1, -0.05) is 42.5 Å². The van der Waals surface area contributed by atoms with Gasteiger partial charge in [0.05, 0.1) is 5.52 Å². The van der Waals surface area contributed by atoms with Crippen molar-refractivity contribution in [2.75, 3.05) is 0 Å². The second-order valence-corrected chi connectivity index (χ2v) is 7.17. The van der Waals surface area contributed by atoms with Crippen molar-refractivity contribution < 1.29 is 9.90 Å². The van der Waals surface area contributed by atoms with Crippen LogP contribution in [0.15, 0.2) is 66.7 Å². The van der Waals surface area contributed by atoms with E-state index < -0.39 is 0 Å². The molecule has 6 rings (SSSR count). The van der Waals surface area contributed by atoms with Crippen molar-refractivity contribution in [3.63, 3.8) is 0 Å². The zero-order valence-corrected chi connectivity index (χ0v) is 15.3. The molecule has 0 fully saturated rings. The van der Waals surface area contributed by atoms with Gasteiger partial charge in [-0.15, -0.1) is 0 Å². The summed E-state index contributed by atoms with van der Waals surface area (Å²) in [5.74, 6) is 0.628. The van der Waals surface area contributed by atoms with Gasteiger partial charge in [0, 0.05) is 44.9 Å². The average Bonchev–Trinajstić information content (AvgIpc) is 3.28. The Morgan fingerprint density at radius 1 is 0.714 bits per heavy atom. The van der Waals surface area contributed by atoms with E-state index in [9.17, 15) is 9.90 Å². The molecule has 0 saturated carbocycles. The smallest absolute Gasteiger partial charge is 0.165 e. The predicted octanol–water partition coefficient (Wildman–Crippen LogP) is 5.71. The van der Waals surface area contributed by atoms with Crippen LogP contribution in [0.5, 0.6) is 5.75 Å². The molecule has 1 aliphatic carbocycles. The fraction of sp³-hybridized carbons (Fsp3) is 0.125. The van der Waals surface area contributed by atoms with Gasteiger partial charge in [0.1, 0.15) is 5.75 Å². The minimum Gasteiger partial charge on any atom is -0.507 e. The van der Waals surface area contributed by atoms with Gasteiger partial charge in [-0.05, 0) is 37.1 Å². The van der Waals surface area contributed by atoms with E-state index in [4.69, 9.17) is 0 Å². The van der Waals surface area contributed by atoms with Crippen LogP contribution in [0.25, 0.3) is 32.7 Å². The number of benzene rings is 3. The molecule has 1 aliphatic rings. The molecule has 0 unspecified atom stereocenters. The second-order valence-electron chi connectivity index (χ2n) is 7.17. The van der Waals surface area contributed by atoms with Gasteiger partial charge in [-0.25, -0.2) is 0 Å². The summed E-state index contributed by atoms with van der Waals surface area (Å²) in [4.78, 5) is 18.3. The van der Waals surface area contributed by atoms with Crippen LogP contribution in [0.3, 0.4) is 0 Å². The molecule has 0 aliphatic heterocycles. The summed E-state index contributed by atoms with van der Waals surface area (Å²) >= 11 is 0. The number of carbonyl (C=O) groups is 1. The van der Waals surface area contributed by atoms with Crippen molar-refractivity contribution in [3.8, 4) is 5.75 Å². The number of aromatic amines is 2. The Hall–Kier alpha value is -3.53. The SMILES string of the molecule is O=C1CCCc2[nH]c3ccccc3c21.Oc1cccc2[nH]c3ccccc3c12. The van der Waals surface area contributed by atoms with E-state index in [1.807, 2.05) is 60.7 Å². The van der Waals surface area contributed by atoms with E-state index in [1.165, 1.54) is 0 Å². The van der Waals surface area contributed by atoms with Gasteiger partial charge in [-0.3, -0.25) is 4.79 Å². The highest BCUT2D eigenvalue weighted by molar-refractivity contribution is 6.10. The monoisotopic (exact) mass is 368 g/mol. The summed E-state index contributed by atoms with van der Waals surface area (Å²) < 4.78 is 0. The number of hydrogen-bond donors (Lipinski definition) is 3. The van der Waals surface area contributed by atoms with Crippen molar-refractivity contribution in [2.45, 2.75) is 19.3 Å². The van der Waals surface area contributed by atoms with Crippen LogP contribution in [0.4, 0.5) is 0 Å². The fourth-order valence-corrected chi connectivity index (χ4v) is 4.14. The predicted molar refractivity (Wildman–Crippen MR) is 113 cm³/mol. The number of aryl methyl sites for hydroxylation is 1. The highest BCUT2D eigenvalue weighted by Crippen LogP contribution is 2.31. The Morgan fingerprint density at radius 3 is 2.21 bits per heavy atom. The molecule has 0 atom stereocenters. The highest BCUT2D eigenvalue weighted by Gasteiger charge is 2.21. The molecule has 0 saturated heterocycles. The van der Waals surface area contributed by atoms with Gasteiger partial charge in [0.25, 0.3) is 0 Å². The lowest BCUT2D eigenvalue weighted by atomic mass is 9.94. The number of Topliss-reactive ketones (excluding diaryl/α,β-unsaturated/α-hetero) is 1. The first-order chi connectivity index (χ1) is 13.7. The molecule has 0 radical (unpaired) electrons. The topological polar surface area (TPSA) is 68.9 Å². The molecule has 2 heterocycles. The molecule has 2 aromatic heterocycles. The minimum atomic E-state index is 0.295. The number of carbonyl (C=O) groups excluding carboxylic acids is 1. The Bertz CT molecular complexity index is 1330. The molecule has 5 aromatic rings. The van der Waals surface area contributed by atoms with E-state index in [0.717, 1.165) is 56.8 Å². The molecule has 0 spiro atoms. The summed E-state index contributed by atoms with van der Waals surface area (Å²) in [5.41, 5.74) is 5.19. The van der Waals surface area contributed by atoms with Crippen LogP contribution in [0.1, 0.15) is 28.9 Å². The molecule has 28 heavy (non-hydrogen) atoms. The standard InChI is InChI=1S/C12H11NO.C12H9NO/c2*14-11-7-3-6-10-12(11)8-4-1-2-5-9(8)13-10/h1-2,4-5,13H,3,6-7H2;1-7,13-14H. The van der Waals surface area contributed by atoms with Crippen LogP contribution in [-0.4, -0.2) is 20.9 Å². The number of aromatic hydroxyl groups is 1. The number of hydrogen-bond acceptors (Lipinski definition) is 2. The Morgan fingerprint density at radius 2 is 1.39 bits per heavy atom. The number of rotatable bonds is 0. The summed E-state index contributed by atoms with van der Waals surface area (Å²) in [6.45, 7) is 0. The highest BCUT2D eigenvalue weighted by atomic mass is 16.3. The molecule has 0 amide bonds. The van der Waals surface area contributed by atoms with E-state index in [2.05, 4.69) is 9.97 Å². The lowest BCUT2D eigenvalue weighted by Gasteiger charge is -2.09. The number of para-hydroxylation sites is 2. The first kappa shape index (κ1) is 16.6. The Kier molecular flexibility index (Phi) is 3.90. The van der Waals surface area contributed by atoms with E-state index in [1.54, 1.807) is 6.07 Å². The van der Waals surface area contributed by atoms with E-state index >= 15 is 0 Å². The lowest BCUT2D eigenvalue weighted by molar-refractivity contribution is 0.0974. The van der Waals surface area contributed by atoms with Crippen LogP contribution in [-0.2, 0) is 6.42 Å². The zero-order valence-electron chi connectivity index (χ0n) is 15.3. The maximum Gasteiger partial charge on any atom is 0.165 e. The van der Waals surface area contributed by atoms with E-state index in [0.29, 0.717) is 18.0 Å². The Balaban J connectivity index is 0.000000122. The second kappa shape index (κ2) is 6.57. The number of aromatic nitrogens is 2. The largest absolute Gasteiger partial charge is 0.507 e. The summed E-state index contributed by atoms with van der Waals surface area (Å²) in [5, 5.41) is 12.8. The molecule has 3 aromatic carbocycles. The third-order valence-corrected chi connectivity index (χ3v) is 5.40. The van der Waals surface area contributed by atoms with Gasteiger partial charge in [-0.2, -0.15) is 0 Å². The molecule has 0 bridgehead atoms. The molecular formula is C24H20N2O2. The zero-order chi connectivity index (χ0) is 19.1. The number of fused-ring (bicyclic) bond motifs is 6. The Labute approximate surface area is 161 Å². The maximum absolute atomic E-state index is 11.7. The lowest BCUT2D eigenvalue weighted by Crippen LogP contribution is -2.08. The van der Waals surface area contributed by atoms with Crippen molar-refractivity contribution in [1.82, 2.24) is 9.97 Å². The van der Waals surface area contributed by atoms with Gasteiger partial charge < -0.3 is 15.1 Å². The van der Waals surface area contributed by atoms with Crippen LogP contribution >= 0.6 is 0 Å². The first-order valence-electron chi connectivity index (χ1n) is 9.53. The summed E-state index contributed by atoms with van der Waals surface area (Å²) in [7, 11) is 0. The molecule has 4 nitrogen and oxygen atoms in total. The average molecular weight is 368 g/mol. The van der Waals surface area contributed by atoms with Crippen LogP contribution in [0, 0.1) is 0 Å². The summed E-state index contributed by atoms with van der Waals surface area (Å²) in [6, 6.07) is 21.5. The van der Waals surface area contributed by atoms with Crippen molar-refractivity contribution >= 4 is 38.5 Å². The number of phenols is 1. The van der Waals surface area contributed by atoms with E-state index in [-0.39, 0.29) is 0 Å². The van der Waals surface area contributed by atoms with Gasteiger partial charge in [0.2, 0.25) is 0 Å². The molecule has 138 valence electrons. The minimum absolute atomic E-state index is 0.295. The van der Waals surface area contributed by atoms with Crippen molar-refractivity contribution in [2.24, 2.45) is 0 Å². The quantitative estimate of drug-likeness (QED) is 0.327. The van der Waals surface area contributed by atoms with Gasteiger partial charge in [0.15, 0.2) is 5.78 Å². The van der Waals surface area contributed by atoms with Gasteiger partial charge >= 0.3 is 0 Å². The van der Waals surface area contributed by atoms with Crippen molar-refractivity contribution in [1.29, 1.82) is 0 Å². The first-order valence-corrected chi connectivity index (χ1v) is 9.53. The van der Waals surface area contributed by atoms with Crippen LogP contribution < -0.4 is 0 Å². The number of nitrogens with one attached hydrogen (secondary N) is 2. The summed E-state index contributed by atoms with van der Waals surface area (Å²) in [6.07, 6.45) is 2.70. The third kappa shape index (κ3) is 2.65. The number of phenolic OH excluding ortho intramolecular Hbond substituents is 1. The molecule has 4 heteroatoms. The number of H-pyrrole nitrogens is 2. The normalized spacial score (nSPS) is 13.5. The number of ketones is 1. The fourth-order valence-electron chi connectivity index (χ4n) is 4.14. The molecule has 3 N–H and O–H groups in total.